The highest BCUT2D eigenvalue weighted by Gasteiger charge is 2.25. The van der Waals surface area contributed by atoms with Crippen LogP contribution in [0.1, 0.15) is 0 Å². The number of hydrogen-bond donors (Lipinski definition) is 2. The molecule has 2 N–H and O–H groups in total. The summed E-state index contributed by atoms with van der Waals surface area (Å²) >= 11 is 0. The van der Waals surface area contributed by atoms with Crippen LogP contribution < -0.4 is 5.32 Å². The Bertz CT molecular complexity index is 804. The molecule has 2 rings (SSSR count). The number of amides is 1. The molecule has 1 amide bonds. The molecule has 8 heteroatoms. The highest BCUT2D eigenvalue weighted by Crippen LogP contribution is 2.22. The summed E-state index contributed by atoms with van der Waals surface area (Å²) in [6.45, 7) is -0.253. The number of carbonyl (C=O) groups excluding carboxylic acids is 1. The Morgan fingerprint density at radius 3 is 3.00 bits per heavy atom. The van der Waals surface area contributed by atoms with Gasteiger partial charge in [0.15, 0.2) is 0 Å². The van der Waals surface area contributed by atoms with Gasteiger partial charge in [0, 0.05) is 12.4 Å². The lowest BCUT2D eigenvalue weighted by atomic mass is 10.3. The number of H-pyrrole nitrogens is 1. The second-order valence-corrected chi connectivity index (χ2v) is 6.35. The van der Waals surface area contributed by atoms with Crippen molar-refractivity contribution in [1.29, 1.82) is 0 Å². The van der Waals surface area contributed by atoms with Gasteiger partial charge in [0.05, 0.1) is 24.8 Å². The fourth-order valence-electron chi connectivity index (χ4n) is 1.82. The van der Waals surface area contributed by atoms with E-state index in [0.717, 1.165) is 4.31 Å². The van der Waals surface area contributed by atoms with E-state index in [1.807, 2.05) is 0 Å². The van der Waals surface area contributed by atoms with E-state index in [2.05, 4.69) is 21.4 Å². The second-order valence-electron chi connectivity index (χ2n) is 4.33. The first-order valence-electron chi connectivity index (χ1n) is 6.05. The molecular weight excluding hydrogens is 292 g/mol. The van der Waals surface area contributed by atoms with Crippen molar-refractivity contribution in [3.63, 3.8) is 0 Å². The molecule has 0 aliphatic carbocycles. The van der Waals surface area contributed by atoms with E-state index in [4.69, 9.17) is 6.42 Å². The lowest BCUT2D eigenvalue weighted by Crippen LogP contribution is -2.38. The molecular formula is C13H14N4O3S. The maximum atomic E-state index is 12.5. The molecule has 21 heavy (non-hydrogen) atoms. The number of carbonyl (C=O) groups is 1. The van der Waals surface area contributed by atoms with Gasteiger partial charge in [0.2, 0.25) is 15.9 Å². The van der Waals surface area contributed by atoms with E-state index in [1.165, 1.54) is 19.3 Å². The smallest absolute Gasteiger partial charge is 0.245 e. The van der Waals surface area contributed by atoms with Gasteiger partial charge < -0.3 is 5.32 Å². The predicted molar refractivity (Wildman–Crippen MR) is 77.8 cm³/mol. The molecule has 110 valence electrons. The van der Waals surface area contributed by atoms with Gasteiger partial charge in [-0.3, -0.25) is 9.89 Å². The van der Waals surface area contributed by atoms with E-state index in [-0.39, 0.29) is 18.0 Å². The molecule has 0 saturated carbocycles. The molecule has 1 heterocycles. The van der Waals surface area contributed by atoms with E-state index in [9.17, 15) is 13.2 Å². The van der Waals surface area contributed by atoms with Crippen molar-refractivity contribution in [2.45, 2.75) is 4.90 Å². The van der Waals surface area contributed by atoms with Gasteiger partial charge in [-0.2, -0.15) is 9.40 Å². The number of para-hydroxylation sites is 1. The molecule has 0 atom stereocenters. The number of hydrogen-bond acceptors (Lipinski definition) is 4. The average Bonchev–Trinajstić information content (AvgIpc) is 2.92. The van der Waals surface area contributed by atoms with Crippen LogP contribution in [0.2, 0.25) is 0 Å². The topological polar surface area (TPSA) is 95.2 Å². The molecule has 0 unspecified atom stereocenters. The summed E-state index contributed by atoms with van der Waals surface area (Å²) in [4.78, 5) is 11.6. The van der Waals surface area contributed by atoms with Gasteiger partial charge in [-0.15, -0.1) is 6.42 Å². The Hall–Kier alpha value is -2.37. The van der Waals surface area contributed by atoms with Gasteiger partial charge in [-0.1, -0.05) is 18.1 Å². The van der Waals surface area contributed by atoms with Gasteiger partial charge in [-0.05, 0) is 6.07 Å². The van der Waals surface area contributed by atoms with Crippen LogP contribution in [0.3, 0.4) is 0 Å². The number of benzene rings is 1. The monoisotopic (exact) mass is 306 g/mol. The van der Waals surface area contributed by atoms with Crippen LogP contribution in [0.25, 0.3) is 10.9 Å². The van der Waals surface area contributed by atoms with Crippen LogP contribution >= 0.6 is 0 Å². The third-order valence-corrected chi connectivity index (χ3v) is 4.73. The van der Waals surface area contributed by atoms with E-state index < -0.39 is 15.9 Å². The number of aromatic amines is 1. The number of rotatable bonds is 5. The zero-order chi connectivity index (χ0) is 15.5. The van der Waals surface area contributed by atoms with Crippen molar-refractivity contribution >= 4 is 26.8 Å². The summed E-state index contributed by atoms with van der Waals surface area (Å²) in [5.74, 6) is 1.79. The van der Waals surface area contributed by atoms with Crippen molar-refractivity contribution < 1.29 is 13.2 Å². The molecule has 1 aromatic heterocycles. The molecule has 2 aromatic rings. The van der Waals surface area contributed by atoms with E-state index in [1.54, 1.807) is 12.1 Å². The molecule has 0 aliphatic heterocycles. The molecule has 7 nitrogen and oxygen atoms in total. The zero-order valence-corrected chi connectivity index (χ0v) is 12.1. The second kappa shape index (κ2) is 5.95. The predicted octanol–water partition coefficient (Wildman–Crippen LogP) is -0.0672. The Morgan fingerprint density at radius 1 is 1.52 bits per heavy atom. The molecule has 1 aromatic carbocycles. The van der Waals surface area contributed by atoms with Crippen molar-refractivity contribution in [1.82, 2.24) is 19.8 Å². The number of aromatic nitrogens is 2. The number of terminal acetylenes is 1. The van der Waals surface area contributed by atoms with Gasteiger partial charge in [0.25, 0.3) is 0 Å². The third kappa shape index (κ3) is 3.04. The van der Waals surface area contributed by atoms with Crippen molar-refractivity contribution in [2.75, 3.05) is 20.1 Å². The first kappa shape index (κ1) is 15.0. The molecule has 0 radical (unpaired) electrons. The first-order valence-corrected chi connectivity index (χ1v) is 7.49. The number of nitrogens with one attached hydrogen (secondary N) is 2. The Balaban J connectivity index is 2.27. The minimum Gasteiger partial charge on any atom is -0.344 e. The lowest BCUT2D eigenvalue weighted by molar-refractivity contribution is -0.120. The fourth-order valence-corrected chi connectivity index (χ4v) is 3.11. The van der Waals surface area contributed by atoms with E-state index >= 15 is 0 Å². The summed E-state index contributed by atoms with van der Waals surface area (Å²) in [6, 6.07) is 4.83. The normalized spacial score (nSPS) is 11.5. The minimum absolute atomic E-state index is 0.0584. The first-order chi connectivity index (χ1) is 9.96. The minimum atomic E-state index is -3.81. The van der Waals surface area contributed by atoms with Crippen molar-refractivity contribution in [2.24, 2.45) is 0 Å². The van der Waals surface area contributed by atoms with Crippen LogP contribution in [0, 0.1) is 12.3 Å². The standard InChI is InChI=1S/C13H14N4O3S/c1-3-7-14-12(18)9-17(2)21(19,20)11-6-4-5-10-8-15-16-13(10)11/h1,4-6,8H,7,9H2,2H3,(H,14,18)(H,15,16). The quantitative estimate of drug-likeness (QED) is 0.756. The van der Waals surface area contributed by atoms with Gasteiger partial charge in [-0.25, -0.2) is 8.42 Å². The molecule has 0 aliphatic rings. The van der Waals surface area contributed by atoms with Crippen molar-refractivity contribution in [3.05, 3.63) is 24.4 Å². The largest absolute Gasteiger partial charge is 0.344 e. The molecule has 0 fully saturated rings. The fraction of sp³-hybridized carbons (Fsp3) is 0.231. The maximum Gasteiger partial charge on any atom is 0.245 e. The van der Waals surface area contributed by atoms with Crippen LogP contribution in [0.4, 0.5) is 0 Å². The summed E-state index contributed by atoms with van der Waals surface area (Å²) in [5.41, 5.74) is 0.411. The number of fused-ring (bicyclic) bond motifs is 1. The SMILES string of the molecule is C#CCNC(=O)CN(C)S(=O)(=O)c1cccc2cn[nH]c12. The Morgan fingerprint density at radius 2 is 2.29 bits per heavy atom. The van der Waals surface area contributed by atoms with Crippen LogP contribution in [-0.4, -0.2) is 49.0 Å². The van der Waals surface area contributed by atoms with Crippen LogP contribution in [0.5, 0.6) is 0 Å². The maximum absolute atomic E-state index is 12.5. The highest BCUT2D eigenvalue weighted by atomic mass is 32.2. The summed E-state index contributed by atoms with van der Waals surface area (Å²) in [7, 11) is -2.47. The lowest BCUT2D eigenvalue weighted by Gasteiger charge is -2.16. The third-order valence-electron chi connectivity index (χ3n) is 2.88. The van der Waals surface area contributed by atoms with E-state index in [0.29, 0.717) is 10.9 Å². The Kier molecular flexibility index (Phi) is 4.26. The summed E-state index contributed by atoms with van der Waals surface area (Å²) < 4.78 is 26.0. The zero-order valence-electron chi connectivity index (χ0n) is 11.3. The number of nitrogens with zero attached hydrogens (tertiary/aromatic N) is 2. The van der Waals surface area contributed by atoms with Crippen LogP contribution in [-0.2, 0) is 14.8 Å². The van der Waals surface area contributed by atoms with Crippen LogP contribution in [0.15, 0.2) is 29.3 Å². The molecule has 0 bridgehead atoms. The number of sulfonamides is 1. The van der Waals surface area contributed by atoms with Gasteiger partial charge >= 0.3 is 0 Å². The average molecular weight is 306 g/mol. The molecule has 0 saturated heterocycles. The molecule has 0 spiro atoms. The highest BCUT2D eigenvalue weighted by molar-refractivity contribution is 7.89. The van der Waals surface area contributed by atoms with Crippen molar-refractivity contribution in [3.8, 4) is 12.3 Å². The summed E-state index contributed by atoms with van der Waals surface area (Å²) in [5, 5.41) is 9.58. The number of likely N-dealkylation sites (N-methyl/N-ethyl adjacent to an activating group) is 1. The Labute approximate surface area is 122 Å². The van der Waals surface area contributed by atoms with Gasteiger partial charge in [0.1, 0.15) is 4.90 Å². The summed E-state index contributed by atoms with van der Waals surface area (Å²) in [6.07, 6.45) is 6.56.